The molecule has 0 spiro atoms. The van der Waals surface area contributed by atoms with Crippen molar-refractivity contribution >= 4 is 28.9 Å². The SMILES string of the molecule is O=c1[nH]c(O)c(C=c2cnn3c(=NC4CC4)cc(NCc4ccccc4-c4ccsc4)nc23)[nH]1. The molecule has 4 heterocycles. The molecule has 0 amide bonds. The van der Waals surface area contributed by atoms with Gasteiger partial charge in [-0.3, -0.25) is 9.98 Å². The molecule has 9 nitrogen and oxygen atoms in total. The number of hydrogen-bond acceptors (Lipinski definition) is 7. The van der Waals surface area contributed by atoms with Crippen molar-refractivity contribution in [2.24, 2.45) is 4.99 Å². The molecule has 6 rings (SSSR count). The summed E-state index contributed by atoms with van der Waals surface area (Å²) in [5.74, 6) is 0.445. The second kappa shape index (κ2) is 8.31. The number of hydrogen-bond donors (Lipinski definition) is 4. The fraction of sp³-hybridized carbons (Fsp3) is 0.167. The zero-order valence-electron chi connectivity index (χ0n) is 18.0. The van der Waals surface area contributed by atoms with Crippen molar-refractivity contribution < 1.29 is 5.11 Å². The van der Waals surface area contributed by atoms with Gasteiger partial charge in [-0.05, 0) is 52.4 Å². The van der Waals surface area contributed by atoms with Gasteiger partial charge in [0.25, 0.3) is 0 Å². The molecule has 1 aliphatic carbocycles. The normalized spacial score (nSPS) is 14.8. The number of fused-ring (bicyclic) bond motifs is 1. The van der Waals surface area contributed by atoms with Crippen LogP contribution < -0.4 is 21.7 Å². The molecule has 0 atom stereocenters. The first-order chi connectivity index (χ1) is 16.6. The third-order valence-electron chi connectivity index (χ3n) is 5.69. The molecule has 0 saturated heterocycles. The van der Waals surface area contributed by atoms with E-state index in [0.29, 0.717) is 34.8 Å². The maximum Gasteiger partial charge on any atom is 0.326 e. The van der Waals surface area contributed by atoms with E-state index in [-0.39, 0.29) is 11.6 Å². The number of aromatic hydroxyl groups is 1. The van der Waals surface area contributed by atoms with Crippen LogP contribution in [0.1, 0.15) is 24.1 Å². The van der Waals surface area contributed by atoms with E-state index in [0.717, 1.165) is 12.8 Å². The van der Waals surface area contributed by atoms with Crippen LogP contribution in [0.5, 0.6) is 5.88 Å². The van der Waals surface area contributed by atoms with Crippen molar-refractivity contribution in [3.63, 3.8) is 0 Å². The van der Waals surface area contributed by atoms with Crippen LogP contribution >= 0.6 is 11.3 Å². The highest BCUT2D eigenvalue weighted by molar-refractivity contribution is 7.08. The van der Waals surface area contributed by atoms with Gasteiger partial charge in [0.2, 0.25) is 5.88 Å². The molecule has 1 fully saturated rings. The van der Waals surface area contributed by atoms with E-state index in [1.807, 2.05) is 18.2 Å². The van der Waals surface area contributed by atoms with Crippen LogP contribution in [-0.2, 0) is 6.54 Å². The molecule has 5 aromatic rings. The predicted molar refractivity (Wildman–Crippen MR) is 131 cm³/mol. The van der Waals surface area contributed by atoms with Gasteiger partial charge in [-0.15, -0.1) is 0 Å². The number of anilines is 1. The lowest BCUT2D eigenvalue weighted by Crippen LogP contribution is -2.20. The monoisotopic (exact) mass is 471 g/mol. The van der Waals surface area contributed by atoms with Gasteiger partial charge in [-0.2, -0.15) is 21.0 Å². The first-order valence-electron chi connectivity index (χ1n) is 10.9. The zero-order chi connectivity index (χ0) is 23.1. The smallest absolute Gasteiger partial charge is 0.326 e. The molecule has 1 aliphatic rings. The Kier molecular flexibility index (Phi) is 4.99. The second-order valence-electron chi connectivity index (χ2n) is 8.20. The van der Waals surface area contributed by atoms with Crippen LogP contribution in [0.15, 0.2) is 63.1 Å². The fourth-order valence-electron chi connectivity index (χ4n) is 3.85. The molecular formula is C24H21N7O2S. The predicted octanol–water partition coefficient (Wildman–Crippen LogP) is 2.40. The van der Waals surface area contributed by atoms with Crippen LogP contribution in [0, 0.1) is 0 Å². The summed E-state index contributed by atoms with van der Waals surface area (Å²) in [6.45, 7) is 0.594. The number of nitrogens with zero attached hydrogens (tertiary/aromatic N) is 4. The van der Waals surface area contributed by atoms with E-state index in [4.69, 9.17) is 9.98 Å². The molecule has 4 aromatic heterocycles. The molecule has 0 aliphatic heterocycles. The molecule has 4 N–H and O–H groups in total. The van der Waals surface area contributed by atoms with Crippen molar-refractivity contribution in [1.29, 1.82) is 0 Å². The summed E-state index contributed by atoms with van der Waals surface area (Å²) in [4.78, 5) is 26.0. The van der Waals surface area contributed by atoms with Crippen molar-refractivity contribution in [1.82, 2.24) is 24.6 Å². The summed E-state index contributed by atoms with van der Waals surface area (Å²) >= 11 is 1.68. The third-order valence-corrected chi connectivity index (χ3v) is 6.37. The van der Waals surface area contributed by atoms with E-state index in [9.17, 15) is 9.90 Å². The van der Waals surface area contributed by atoms with Crippen molar-refractivity contribution in [3.05, 3.63) is 85.8 Å². The largest absolute Gasteiger partial charge is 0.493 e. The lowest BCUT2D eigenvalue weighted by Gasteiger charge is -2.10. The summed E-state index contributed by atoms with van der Waals surface area (Å²) in [5.41, 5.74) is 4.63. The van der Waals surface area contributed by atoms with Crippen LogP contribution in [0.4, 0.5) is 5.82 Å². The van der Waals surface area contributed by atoms with E-state index in [1.54, 1.807) is 28.1 Å². The maximum absolute atomic E-state index is 11.5. The Bertz CT molecular complexity index is 1660. The summed E-state index contributed by atoms with van der Waals surface area (Å²) in [6, 6.07) is 12.6. The van der Waals surface area contributed by atoms with Gasteiger partial charge in [-0.25, -0.2) is 9.78 Å². The van der Waals surface area contributed by atoms with Gasteiger partial charge < -0.3 is 15.4 Å². The Hall–Kier alpha value is -4.18. The number of benzene rings is 1. The maximum atomic E-state index is 11.5. The van der Waals surface area contributed by atoms with Crippen molar-refractivity contribution in [3.8, 4) is 17.0 Å². The molecular weight excluding hydrogens is 450 g/mol. The van der Waals surface area contributed by atoms with Crippen molar-refractivity contribution in [2.45, 2.75) is 25.4 Å². The molecule has 10 heteroatoms. The molecule has 34 heavy (non-hydrogen) atoms. The van der Waals surface area contributed by atoms with Gasteiger partial charge >= 0.3 is 5.69 Å². The number of H-pyrrole nitrogens is 2. The topological polar surface area (TPSA) is 123 Å². The number of rotatable bonds is 6. The number of imidazole rings is 1. The lowest BCUT2D eigenvalue weighted by atomic mass is 10.0. The minimum absolute atomic E-state index is 0.230. The Morgan fingerprint density at radius 1 is 1.26 bits per heavy atom. The minimum atomic E-state index is -0.482. The summed E-state index contributed by atoms with van der Waals surface area (Å²) in [5, 5.41) is 22.7. The third kappa shape index (κ3) is 3.99. The van der Waals surface area contributed by atoms with Gasteiger partial charge in [0, 0.05) is 17.8 Å². The number of aromatic amines is 2. The number of nitrogens with one attached hydrogen (secondary N) is 3. The number of thiophene rings is 1. The standard InChI is InChI=1S/C24H21N7O2S/c32-23-19(28-24(33)30-23)9-16-12-26-31-21(27-17-5-6-17)10-20(29-22(16)31)25-11-14-3-1-2-4-18(14)15-7-8-34-13-15/h1-4,7-10,12-13,17,25,32H,5-6,11H2,(H2,28,30,33). The first kappa shape index (κ1) is 20.4. The van der Waals surface area contributed by atoms with Gasteiger partial charge in [0.1, 0.15) is 11.5 Å². The van der Waals surface area contributed by atoms with Crippen molar-refractivity contribution in [2.75, 3.05) is 5.32 Å². The van der Waals surface area contributed by atoms with E-state index >= 15 is 0 Å². The summed E-state index contributed by atoms with van der Waals surface area (Å²) < 4.78 is 1.69. The minimum Gasteiger partial charge on any atom is -0.493 e. The highest BCUT2D eigenvalue weighted by Gasteiger charge is 2.20. The number of aromatic nitrogens is 5. The Morgan fingerprint density at radius 2 is 2.15 bits per heavy atom. The molecule has 0 radical (unpaired) electrons. The van der Waals surface area contributed by atoms with Crippen LogP contribution in [-0.4, -0.2) is 35.7 Å². The first-order valence-corrected chi connectivity index (χ1v) is 11.9. The Labute approximate surface area is 197 Å². The fourth-order valence-corrected chi connectivity index (χ4v) is 4.50. The molecule has 0 bridgehead atoms. The molecule has 1 aromatic carbocycles. The van der Waals surface area contributed by atoms with Gasteiger partial charge in [0.05, 0.1) is 12.2 Å². The Morgan fingerprint density at radius 3 is 2.91 bits per heavy atom. The zero-order valence-corrected chi connectivity index (χ0v) is 18.8. The van der Waals surface area contributed by atoms with Gasteiger partial charge in [0.15, 0.2) is 11.1 Å². The molecule has 1 saturated carbocycles. The average Bonchev–Trinajstić information content (AvgIpc) is 3.20. The van der Waals surface area contributed by atoms with Gasteiger partial charge in [-0.1, -0.05) is 24.3 Å². The highest BCUT2D eigenvalue weighted by atomic mass is 32.1. The second-order valence-corrected chi connectivity index (χ2v) is 8.98. The van der Waals surface area contributed by atoms with E-state index in [1.165, 1.54) is 16.7 Å². The lowest BCUT2D eigenvalue weighted by molar-refractivity contribution is 0.454. The van der Waals surface area contributed by atoms with Crippen LogP contribution in [0.3, 0.4) is 0 Å². The average molecular weight is 472 g/mol. The van der Waals surface area contributed by atoms with Crippen LogP contribution in [0.25, 0.3) is 22.9 Å². The quantitative estimate of drug-likeness (QED) is 0.303. The van der Waals surface area contributed by atoms with E-state index < -0.39 is 5.69 Å². The molecule has 170 valence electrons. The summed E-state index contributed by atoms with van der Waals surface area (Å²) in [6.07, 6.45) is 5.42. The van der Waals surface area contributed by atoms with E-state index in [2.05, 4.69) is 49.3 Å². The molecule has 0 unspecified atom stereocenters. The summed E-state index contributed by atoms with van der Waals surface area (Å²) in [7, 11) is 0. The Balaban J connectivity index is 1.41. The van der Waals surface area contributed by atoms with Crippen LogP contribution in [0.2, 0.25) is 0 Å². The highest BCUT2D eigenvalue weighted by Crippen LogP contribution is 2.26.